The number of carbonyl (C=O) groups excluding carboxylic acids is 3. The number of rotatable bonds is 9. The van der Waals surface area contributed by atoms with E-state index in [9.17, 15) is 22.8 Å². The van der Waals surface area contributed by atoms with Crippen molar-refractivity contribution in [1.29, 1.82) is 0 Å². The van der Waals surface area contributed by atoms with Gasteiger partial charge in [0.2, 0.25) is 10.0 Å². The number of thiophene rings is 1. The van der Waals surface area contributed by atoms with Crippen LogP contribution in [0.3, 0.4) is 0 Å². The van der Waals surface area contributed by atoms with E-state index in [1.807, 2.05) is 0 Å². The van der Waals surface area contributed by atoms with Crippen molar-refractivity contribution in [3.63, 3.8) is 0 Å². The van der Waals surface area contributed by atoms with Crippen molar-refractivity contribution in [2.45, 2.75) is 51.0 Å². The molecule has 0 saturated carbocycles. The summed E-state index contributed by atoms with van der Waals surface area (Å²) >= 11 is 1.43. The summed E-state index contributed by atoms with van der Waals surface area (Å²) in [6.45, 7) is 7.10. The van der Waals surface area contributed by atoms with Crippen molar-refractivity contribution in [1.82, 2.24) is 14.1 Å². The minimum absolute atomic E-state index is 0.0552. The van der Waals surface area contributed by atoms with E-state index in [-0.39, 0.29) is 35.5 Å². The van der Waals surface area contributed by atoms with Crippen molar-refractivity contribution in [3.05, 3.63) is 45.8 Å². The Labute approximate surface area is 240 Å². The summed E-state index contributed by atoms with van der Waals surface area (Å²) in [4.78, 5) is 43.5. The lowest BCUT2D eigenvalue weighted by Crippen LogP contribution is -2.42. The molecule has 10 nitrogen and oxygen atoms in total. The van der Waals surface area contributed by atoms with Gasteiger partial charge in [0.15, 0.2) is 0 Å². The predicted molar refractivity (Wildman–Crippen MR) is 154 cm³/mol. The minimum atomic E-state index is -3.84. The number of hydrogen-bond donors (Lipinski definition) is 1. The van der Waals surface area contributed by atoms with Crippen LogP contribution in [-0.2, 0) is 32.5 Å². The van der Waals surface area contributed by atoms with Crippen molar-refractivity contribution in [2.24, 2.45) is 5.92 Å². The van der Waals surface area contributed by atoms with Gasteiger partial charge in [-0.15, -0.1) is 11.3 Å². The average molecular weight is 591 g/mol. The van der Waals surface area contributed by atoms with Crippen LogP contribution in [0, 0.1) is 5.92 Å². The zero-order chi connectivity index (χ0) is 29.0. The van der Waals surface area contributed by atoms with Crippen molar-refractivity contribution in [3.8, 4) is 0 Å². The number of nitrogens with one attached hydrogen (secondary N) is 1. The Morgan fingerprint density at radius 2 is 1.85 bits per heavy atom. The van der Waals surface area contributed by atoms with Crippen LogP contribution in [0.25, 0.3) is 0 Å². The molecule has 1 N–H and O–H groups in total. The molecule has 2 aliphatic heterocycles. The van der Waals surface area contributed by atoms with E-state index < -0.39 is 21.8 Å². The summed E-state index contributed by atoms with van der Waals surface area (Å²) < 4.78 is 33.0. The molecule has 0 aliphatic carbocycles. The molecule has 1 unspecified atom stereocenters. The third-order valence-corrected chi connectivity index (χ3v) is 10.3. The molecule has 1 atom stereocenters. The van der Waals surface area contributed by atoms with E-state index in [1.54, 1.807) is 21.0 Å². The number of benzene rings is 1. The highest BCUT2D eigenvalue weighted by atomic mass is 32.2. The first-order valence-electron chi connectivity index (χ1n) is 13.7. The van der Waals surface area contributed by atoms with Gasteiger partial charge in [-0.25, -0.2) is 8.42 Å². The van der Waals surface area contributed by atoms with Gasteiger partial charge in [0, 0.05) is 50.7 Å². The molecule has 1 aromatic heterocycles. The van der Waals surface area contributed by atoms with Gasteiger partial charge in [-0.3, -0.25) is 19.3 Å². The highest BCUT2D eigenvalue weighted by Crippen LogP contribution is 2.38. The SMILES string of the molecule is CCCN1CCc2c(sc(NC(=O)c3ccc(S(=O)(=O)N4CCCC(C(=O)OCC)C4)cc3)c2C(=O)N(C)C)C1. The fourth-order valence-corrected chi connectivity index (χ4v) is 8.02. The van der Waals surface area contributed by atoms with E-state index in [4.69, 9.17) is 4.74 Å². The van der Waals surface area contributed by atoms with Gasteiger partial charge in [0.1, 0.15) is 5.00 Å². The molecular formula is C28H38N4O6S2. The molecule has 1 aromatic carbocycles. The standard InChI is InChI=1S/C28H38N4O6S2/c1-5-14-31-16-13-22-23(18-31)39-26(24(22)27(34)30(3)4)29-25(33)19-9-11-21(12-10-19)40(36,37)32-15-7-8-20(17-32)28(35)38-6-2/h9-12,20H,5-8,13-18H2,1-4H3,(H,29,33). The summed E-state index contributed by atoms with van der Waals surface area (Å²) in [7, 11) is -0.453. The number of fused-ring (bicyclic) bond motifs is 1. The number of amides is 2. The number of carbonyl (C=O) groups is 3. The lowest BCUT2D eigenvalue weighted by atomic mass is 10.0. The van der Waals surface area contributed by atoms with E-state index >= 15 is 0 Å². The lowest BCUT2D eigenvalue weighted by molar-refractivity contribution is -0.149. The lowest BCUT2D eigenvalue weighted by Gasteiger charge is -2.30. The Morgan fingerprint density at radius 3 is 2.50 bits per heavy atom. The Kier molecular flexibility index (Phi) is 9.65. The summed E-state index contributed by atoms with van der Waals surface area (Å²) in [5, 5.41) is 3.44. The Morgan fingerprint density at radius 1 is 1.12 bits per heavy atom. The Bertz CT molecular complexity index is 1350. The molecular weight excluding hydrogens is 552 g/mol. The molecule has 0 bridgehead atoms. The molecule has 0 radical (unpaired) electrons. The number of ether oxygens (including phenoxy) is 1. The largest absolute Gasteiger partial charge is 0.466 e. The van der Waals surface area contributed by atoms with E-state index in [0.717, 1.165) is 42.9 Å². The maximum atomic E-state index is 13.3. The van der Waals surface area contributed by atoms with Gasteiger partial charge in [0.05, 0.1) is 23.0 Å². The first-order chi connectivity index (χ1) is 19.1. The maximum absolute atomic E-state index is 13.3. The minimum Gasteiger partial charge on any atom is -0.466 e. The molecule has 1 fully saturated rings. The number of hydrogen-bond acceptors (Lipinski definition) is 8. The van der Waals surface area contributed by atoms with Gasteiger partial charge >= 0.3 is 5.97 Å². The average Bonchev–Trinajstić information content (AvgIpc) is 3.29. The smallest absolute Gasteiger partial charge is 0.310 e. The van der Waals surface area contributed by atoms with Crippen molar-refractivity contribution < 1.29 is 27.5 Å². The summed E-state index contributed by atoms with van der Waals surface area (Å²) in [5.74, 6) is -1.44. The molecule has 218 valence electrons. The van der Waals surface area contributed by atoms with Crippen LogP contribution in [0.4, 0.5) is 5.00 Å². The van der Waals surface area contributed by atoms with Gasteiger partial charge in [-0.2, -0.15) is 4.31 Å². The van der Waals surface area contributed by atoms with Crippen LogP contribution >= 0.6 is 11.3 Å². The summed E-state index contributed by atoms with van der Waals surface area (Å²) in [5.41, 5.74) is 1.81. The first kappa shape index (κ1) is 30.2. The fourth-order valence-electron chi connectivity index (χ4n) is 5.22. The van der Waals surface area contributed by atoms with Gasteiger partial charge in [0.25, 0.3) is 11.8 Å². The molecule has 0 spiro atoms. The van der Waals surface area contributed by atoms with Crippen LogP contribution in [0.1, 0.15) is 64.3 Å². The maximum Gasteiger partial charge on any atom is 0.310 e. The number of nitrogens with zero attached hydrogens (tertiary/aromatic N) is 3. The van der Waals surface area contributed by atoms with E-state index in [1.165, 1.54) is 44.8 Å². The Hall–Kier alpha value is -2.80. The summed E-state index contributed by atoms with van der Waals surface area (Å²) in [6.07, 6.45) is 2.95. The Balaban J connectivity index is 1.52. The zero-order valence-corrected chi connectivity index (χ0v) is 25.2. The predicted octanol–water partition coefficient (Wildman–Crippen LogP) is 3.43. The van der Waals surface area contributed by atoms with Crippen molar-refractivity contribution in [2.75, 3.05) is 52.2 Å². The second-order valence-corrected chi connectivity index (χ2v) is 13.4. The third-order valence-electron chi connectivity index (χ3n) is 7.28. The van der Waals surface area contributed by atoms with Crippen LogP contribution in [-0.4, -0.2) is 87.2 Å². The number of anilines is 1. The molecule has 2 aromatic rings. The first-order valence-corrected chi connectivity index (χ1v) is 16.0. The second kappa shape index (κ2) is 12.8. The number of sulfonamides is 1. The number of esters is 1. The normalized spacial score (nSPS) is 18.1. The second-order valence-electron chi connectivity index (χ2n) is 10.4. The highest BCUT2D eigenvalue weighted by molar-refractivity contribution is 7.89. The van der Waals surface area contributed by atoms with Gasteiger partial charge in [-0.05, 0) is 69.0 Å². The number of piperidine rings is 1. The molecule has 4 rings (SSSR count). The molecule has 12 heteroatoms. The summed E-state index contributed by atoms with van der Waals surface area (Å²) in [6, 6.07) is 5.76. The molecule has 1 saturated heterocycles. The van der Waals surface area contributed by atoms with Gasteiger partial charge < -0.3 is 15.0 Å². The van der Waals surface area contributed by atoms with Gasteiger partial charge in [-0.1, -0.05) is 6.92 Å². The highest BCUT2D eigenvalue weighted by Gasteiger charge is 2.34. The van der Waals surface area contributed by atoms with Crippen LogP contribution in [0.2, 0.25) is 0 Å². The molecule has 3 heterocycles. The monoisotopic (exact) mass is 590 g/mol. The third kappa shape index (κ3) is 6.40. The fraction of sp³-hybridized carbons (Fsp3) is 0.536. The topological polar surface area (TPSA) is 116 Å². The quantitative estimate of drug-likeness (QED) is 0.445. The van der Waals surface area contributed by atoms with E-state index in [0.29, 0.717) is 30.0 Å². The zero-order valence-electron chi connectivity index (χ0n) is 23.6. The van der Waals surface area contributed by atoms with Crippen LogP contribution in [0.5, 0.6) is 0 Å². The van der Waals surface area contributed by atoms with Crippen LogP contribution in [0.15, 0.2) is 29.2 Å². The van der Waals surface area contributed by atoms with Crippen LogP contribution < -0.4 is 5.32 Å². The molecule has 40 heavy (non-hydrogen) atoms. The van der Waals surface area contributed by atoms with E-state index in [2.05, 4.69) is 17.1 Å². The molecule has 2 aliphatic rings. The molecule has 2 amide bonds. The van der Waals surface area contributed by atoms with Crippen molar-refractivity contribution >= 4 is 44.1 Å².